The van der Waals surface area contributed by atoms with Crippen molar-refractivity contribution < 1.29 is 13.2 Å². The van der Waals surface area contributed by atoms with E-state index in [0.717, 1.165) is 11.1 Å². The summed E-state index contributed by atoms with van der Waals surface area (Å²) in [7, 11) is -3.42. The van der Waals surface area contributed by atoms with Gasteiger partial charge in [0, 0.05) is 19.5 Å². The predicted octanol–water partition coefficient (Wildman–Crippen LogP) is 2.84. The van der Waals surface area contributed by atoms with E-state index < -0.39 is 10.0 Å². The molecule has 0 aliphatic rings. The Bertz CT molecular complexity index is 803. The van der Waals surface area contributed by atoms with E-state index in [9.17, 15) is 13.2 Å². The predicted molar refractivity (Wildman–Crippen MR) is 103 cm³/mol. The summed E-state index contributed by atoms with van der Waals surface area (Å²) in [5.41, 5.74) is 2.14. The highest BCUT2D eigenvalue weighted by Crippen LogP contribution is 2.18. The lowest BCUT2D eigenvalue weighted by molar-refractivity contribution is -0.121. The highest BCUT2D eigenvalue weighted by molar-refractivity contribution is 7.89. The number of sulfonamides is 1. The van der Waals surface area contributed by atoms with E-state index in [1.54, 1.807) is 31.2 Å². The number of hydrogen-bond acceptors (Lipinski definition) is 3. The first-order chi connectivity index (χ1) is 12.4. The molecule has 0 aliphatic carbocycles. The molecule has 2 rings (SSSR count). The lowest BCUT2D eigenvalue weighted by Gasteiger charge is -2.12. The zero-order chi connectivity index (χ0) is 19.0. The van der Waals surface area contributed by atoms with Crippen LogP contribution in [-0.4, -0.2) is 27.4 Å². The first kappa shape index (κ1) is 20.1. The summed E-state index contributed by atoms with van der Waals surface area (Å²) >= 11 is 0. The smallest absolute Gasteiger partial charge is 0.240 e. The quantitative estimate of drug-likeness (QED) is 0.709. The lowest BCUT2D eigenvalue weighted by atomic mass is 9.97. The maximum absolute atomic E-state index is 12.1. The van der Waals surface area contributed by atoms with Crippen LogP contribution >= 0.6 is 0 Å². The molecule has 2 N–H and O–H groups in total. The topological polar surface area (TPSA) is 75.3 Å². The summed E-state index contributed by atoms with van der Waals surface area (Å²) in [6.07, 6.45) is 1.11. The van der Waals surface area contributed by atoms with Crippen LogP contribution in [0.25, 0.3) is 0 Å². The minimum absolute atomic E-state index is 0.0210. The molecule has 0 bridgehead atoms. The van der Waals surface area contributed by atoms with E-state index in [1.807, 2.05) is 37.3 Å². The molecule has 0 saturated heterocycles. The third-order valence-electron chi connectivity index (χ3n) is 4.16. The van der Waals surface area contributed by atoms with Crippen molar-refractivity contribution in [2.75, 3.05) is 13.1 Å². The second kappa shape index (κ2) is 9.50. The Hall–Kier alpha value is -2.18. The van der Waals surface area contributed by atoms with E-state index in [0.29, 0.717) is 25.9 Å². The monoisotopic (exact) mass is 374 g/mol. The molecular weight excluding hydrogens is 348 g/mol. The fourth-order valence-corrected chi connectivity index (χ4v) is 3.75. The Morgan fingerprint density at radius 2 is 1.69 bits per heavy atom. The lowest BCUT2D eigenvalue weighted by Crippen LogP contribution is -2.26. The molecule has 2 aromatic carbocycles. The first-order valence-electron chi connectivity index (χ1n) is 8.82. The molecule has 140 valence electrons. The van der Waals surface area contributed by atoms with Crippen LogP contribution in [0, 0.1) is 0 Å². The van der Waals surface area contributed by atoms with Crippen LogP contribution < -0.4 is 10.0 Å². The molecule has 0 saturated carbocycles. The third kappa shape index (κ3) is 5.97. The summed E-state index contributed by atoms with van der Waals surface area (Å²) in [4.78, 5) is 12.3. The fourth-order valence-electron chi connectivity index (χ4n) is 2.70. The van der Waals surface area contributed by atoms with Gasteiger partial charge in [0.05, 0.1) is 4.90 Å². The molecule has 0 aromatic heterocycles. The summed E-state index contributed by atoms with van der Waals surface area (Å²) in [5.74, 6) is 0.194. The van der Waals surface area contributed by atoms with Crippen LogP contribution in [0.15, 0.2) is 59.5 Å². The van der Waals surface area contributed by atoms with Crippen LogP contribution in [0.3, 0.4) is 0 Å². The van der Waals surface area contributed by atoms with Crippen LogP contribution in [-0.2, 0) is 21.2 Å². The third-order valence-corrected chi connectivity index (χ3v) is 5.73. The minimum atomic E-state index is -3.42. The van der Waals surface area contributed by atoms with Gasteiger partial charge in [0.2, 0.25) is 15.9 Å². The molecule has 1 amide bonds. The van der Waals surface area contributed by atoms with E-state index >= 15 is 0 Å². The van der Waals surface area contributed by atoms with Gasteiger partial charge >= 0.3 is 0 Å². The Balaban J connectivity index is 1.79. The zero-order valence-corrected chi connectivity index (χ0v) is 16.1. The van der Waals surface area contributed by atoms with Crippen LogP contribution in [0.1, 0.15) is 37.3 Å². The molecule has 0 radical (unpaired) electrons. The van der Waals surface area contributed by atoms with Gasteiger partial charge in [-0.25, -0.2) is 13.1 Å². The molecule has 26 heavy (non-hydrogen) atoms. The second-order valence-electron chi connectivity index (χ2n) is 6.26. The highest BCUT2D eigenvalue weighted by Gasteiger charge is 2.12. The van der Waals surface area contributed by atoms with Crippen LogP contribution in [0.4, 0.5) is 0 Å². The molecule has 1 unspecified atom stereocenters. The van der Waals surface area contributed by atoms with Crippen molar-refractivity contribution in [3.63, 3.8) is 0 Å². The number of hydrogen-bond donors (Lipinski definition) is 2. The van der Waals surface area contributed by atoms with Crippen molar-refractivity contribution in [1.82, 2.24) is 10.0 Å². The van der Waals surface area contributed by atoms with Gasteiger partial charge in [-0.2, -0.15) is 0 Å². The minimum Gasteiger partial charge on any atom is -0.356 e. The molecule has 0 spiro atoms. The van der Waals surface area contributed by atoms with Crippen molar-refractivity contribution in [2.45, 2.75) is 37.5 Å². The summed E-state index contributed by atoms with van der Waals surface area (Å²) in [6, 6.07) is 16.7. The van der Waals surface area contributed by atoms with Gasteiger partial charge < -0.3 is 5.32 Å². The molecule has 6 heteroatoms. The first-order valence-corrected chi connectivity index (χ1v) is 10.3. The standard InChI is InChI=1S/C20H26N2O3S/c1-3-22-26(24,25)19-11-9-17(10-12-19)13-14-21-20(23)15-16(2)18-7-5-4-6-8-18/h4-12,16,22H,3,13-15H2,1-2H3,(H,21,23). The molecule has 0 aliphatic heterocycles. The summed E-state index contributed by atoms with van der Waals surface area (Å²) in [6.45, 7) is 4.67. The SMILES string of the molecule is CCNS(=O)(=O)c1ccc(CCNC(=O)CC(C)c2ccccc2)cc1. The van der Waals surface area contributed by atoms with E-state index in [4.69, 9.17) is 0 Å². The fraction of sp³-hybridized carbons (Fsp3) is 0.350. The number of carbonyl (C=O) groups excluding carboxylic acids is 1. The van der Waals surface area contributed by atoms with Crippen molar-refractivity contribution in [2.24, 2.45) is 0 Å². The molecule has 0 fully saturated rings. The van der Waals surface area contributed by atoms with Gasteiger partial charge in [-0.15, -0.1) is 0 Å². The molecular formula is C20H26N2O3S. The molecule has 0 heterocycles. The molecule has 1 atom stereocenters. The number of amides is 1. The maximum atomic E-state index is 12.1. The van der Waals surface area contributed by atoms with E-state index in [1.165, 1.54) is 0 Å². The van der Waals surface area contributed by atoms with Crippen molar-refractivity contribution >= 4 is 15.9 Å². The van der Waals surface area contributed by atoms with Gasteiger partial charge in [-0.3, -0.25) is 4.79 Å². The van der Waals surface area contributed by atoms with Gasteiger partial charge in [-0.1, -0.05) is 56.3 Å². The summed E-state index contributed by atoms with van der Waals surface area (Å²) < 4.78 is 26.3. The summed E-state index contributed by atoms with van der Waals surface area (Å²) in [5, 5.41) is 2.93. The number of benzene rings is 2. The second-order valence-corrected chi connectivity index (χ2v) is 8.03. The van der Waals surface area contributed by atoms with Crippen molar-refractivity contribution in [3.8, 4) is 0 Å². The Kier molecular flexibility index (Phi) is 7.36. The largest absolute Gasteiger partial charge is 0.356 e. The Morgan fingerprint density at radius 1 is 1.04 bits per heavy atom. The highest BCUT2D eigenvalue weighted by atomic mass is 32.2. The van der Waals surface area contributed by atoms with Gasteiger partial charge in [0.25, 0.3) is 0 Å². The van der Waals surface area contributed by atoms with Crippen LogP contribution in [0.5, 0.6) is 0 Å². The molecule has 5 nitrogen and oxygen atoms in total. The average Bonchev–Trinajstić information content (AvgIpc) is 2.63. The normalized spacial score (nSPS) is 12.5. The zero-order valence-electron chi connectivity index (χ0n) is 15.2. The van der Waals surface area contributed by atoms with Crippen LogP contribution in [0.2, 0.25) is 0 Å². The average molecular weight is 375 g/mol. The van der Waals surface area contributed by atoms with E-state index in [-0.39, 0.29) is 16.7 Å². The van der Waals surface area contributed by atoms with Gasteiger partial charge in [-0.05, 0) is 35.6 Å². The number of rotatable bonds is 9. The van der Waals surface area contributed by atoms with Crippen molar-refractivity contribution in [3.05, 3.63) is 65.7 Å². The van der Waals surface area contributed by atoms with Crippen molar-refractivity contribution in [1.29, 1.82) is 0 Å². The van der Waals surface area contributed by atoms with E-state index in [2.05, 4.69) is 10.0 Å². The maximum Gasteiger partial charge on any atom is 0.240 e. The van der Waals surface area contributed by atoms with Gasteiger partial charge in [0.1, 0.15) is 0 Å². The van der Waals surface area contributed by atoms with Gasteiger partial charge in [0.15, 0.2) is 0 Å². The number of carbonyl (C=O) groups is 1. The number of nitrogens with one attached hydrogen (secondary N) is 2. The Labute approximate surface area is 155 Å². The Morgan fingerprint density at radius 3 is 2.31 bits per heavy atom. The molecule has 2 aromatic rings.